The predicted octanol–water partition coefficient (Wildman–Crippen LogP) is 5.53. The van der Waals surface area contributed by atoms with Crippen molar-refractivity contribution in [1.29, 1.82) is 0 Å². The highest BCUT2D eigenvalue weighted by Gasteiger charge is 2.79. The van der Waals surface area contributed by atoms with Gasteiger partial charge in [-0.2, -0.15) is 0 Å². The first-order valence-corrected chi connectivity index (χ1v) is 10.6. The molecule has 0 amide bonds. The molecule has 142 valence electrons. The molecule has 0 N–H and O–H groups in total. The highest BCUT2D eigenvalue weighted by atomic mass is 35.5. The molecule has 6 rings (SSSR count). The van der Waals surface area contributed by atoms with Gasteiger partial charge in [-0.05, 0) is 54.4 Å². The summed E-state index contributed by atoms with van der Waals surface area (Å²) in [7, 11) is 0. The van der Waals surface area contributed by atoms with Crippen LogP contribution in [0.2, 0.25) is 10.0 Å². The van der Waals surface area contributed by atoms with Crippen LogP contribution in [-0.2, 0) is 12.0 Å². The lowest BCUT2D eigenvalue weighted by Crippen LogP contribution is -2.26. The average Bonchev–Trinajstić information content (AvgIpc) is 2.92. The van der Waals surface area contributed by atoms with E-state index >= 15 is 0 Å². The molecule has 0 saturated heterocycles. The molecule has 3 aliphatic rings. The summed E-state index contributed by atoms with van der Waals surface area (Å²) in [6.07, 6.45) is 3.50. The molecular formula is C23H20Cl2N2O. The highest BCUT2D eigenvalue weighted by molar-refractivity contribution is 6.34. The molecule has 2 saturated carbocycles. The maximum absolute atomic E-state index is 13.7. The van der Waals surface area contributed by atoms with E-state index in [1.165, 1.54) is 24.1 Å². The second-order valence-corrected chi connectivity index (χ2v) is 9.63. The minimum absolute atomic E-state index is 0.0765. The lowest BCUT2D eigenvalue weighted by atomic mass is 9.86. The summed E-state index contributed by atoms with van der Waals surface area (Å²) in [5.74, 6) is 0.372. The molecule has 3 aliphatic carbocycles. The molecule has 1 heterocycles. The van der Waals surface area contributed by atoms with Gasteiger partial charge in [-0.25, -0.2) is 4.68 Å². The number of fused-ring (bicyclic) bond motifs is 2. The van der Waals surface area contributed by atoms with Crippen LogP contribution in [0.3, 0.4) is 0 Å². The first-order valence-electron chi connectivity index (χ1n) is 9.82. The summed E-state index contributed by atoms with van der Waals surface area (Å²) in [5, 5.41) is 1.12. The quantitative estimate of drug-likeness (QED) is 0.557. The van der Waals surface area contributed by atoms with E-state index in [0.29, 0.717) is 28.2 Å². The highest BCUT2D eigenvalue weighted by Crippen LogP contribution is 2.83. The van der Waals surface area contributed by atoms with Crippen molar-refractivity contribution in [2.45, 2.75) is 44.1 Å². The number of halogens is 2. The minimum atomic E-state index is 0.0765. The number of benzene rings is 2. The van der Waals surface area contributed by atoms with Crippen molar-refractivity contribution < 1.29 is 0 Å². The molecule has 1 unspecified atom stereocenters. The third-order valence-electron chi connectivity index (χ3n) is 7.56. The lowest BCUT2D eigenvalue weighted by molar-refractivity contribution is 0.466. The van der Waals surface area contributed by atoms with Gasteiger partial charge in [0.1, 0.15) is 0 Å². The van der Waals surface area contributed by atoms with E-state index in [1.54, 1.807) is 22.9 Å². The normalized spacial score (nSPS) is 29.0. The second-order valence-electron chi connectivity index (χ2n) is 8.79. The van der Waals surface area contributed by atoms with Crippen molar-refractivity contribution in [2.75, 3.05) is 0 Å². The van der Waals surface area contributed by atoms with Gasteiger partial charge >= 0.3 is 0 Å². The molecule has 3 atom stereocenters. The fourth-order valence-corrected chi connectivity index (χ4v) is 6.60. The maximum atomic E-state index is 13.7. The van der Waals surface area contributed by atoms with Crippen molar-refractivity contribution in [3.63, 3.8) is 0 Å². The molecule has 3 aromatic rings. The molecule has 0 spiro atoms. The summed E-state index contributed by atoms with van der Waals surface area (Å²) in [5.41, 5.74) is 4.62. The van der Waals surface area contributed by atoms with E-state index in [-0.39, 0.29) is 16.4 Å². The monoisotopic (exact) mass is 410 g/mol. The molecule has 2 bridgehead atoms. The Morgan fingerprint density at radius 3 is 2.68 bits per heavy atom. The molecule has 3 nitrogen and oxygen atoms in total. The third-order valence-corrected chi connectivity index (χ3v) is 8.11. The van der Waals surface area contributed by atoms with Gasteiger partial charge in [0.2, 0.25) is 0 Å². The van der Waals surface area contributed by atoms with Crippen LogP contribution >= 0.6 is 23.2 Å². The van der Waals surface area contributed by atoms with E-state index in [2.05, 4.69) is 23.7 Å². The van der Waals surface area contributed by atoms with Crippen LogP contribution in [0.5, 0.6) is 0 Å². The summed E-state index contributed by atoms with van der Waals surface area (Å²) in [6, 6.07) is 15.6. The van der Waals surface area contributed by atoms with Crippen LogP contribution in [0, 0.1) is 5.41 Å². The van der Waals surface area contributed by atoms with Crippen LogP contribution < -0.4 is 5.56 Å². The van der Waals surface area contributed by atoms with Crippen LogP contribution in [-0.4, -0.2) is 9.36 Å². The predicted molar refractivity (Wildman–Crippen MR) is 112 cm³/mol. The zero-order valence-corrected chi connectivity index (χ0v) is 17.1. The van der Waals surface area contributed by atoms with E-state index in [1.807, 2.05) is 18.2 Å². The summed E-state index contributed by atoms with van der Waals surface area (Å²) < 4.78 is 3.97. The molecule has 0 aliphatic heterocycles. The molecule has 2 aromatic carbocycles. The van der Waals surface area contributed by atoms with Crippen LogP contribution in [0.15, 0.2) is 53.3 Å². The summed E-state index contributed by atoms with van der Waals surface area (Å²) >= 11 is 12.8. The van der Waals surface area contributed by atoms with E-state index < -0.39 is 0 Å². The fraction of sp³-hybridized carbons (Fsp3) is 0.348. The maximum Gasteiger partial charge on any atom is 0.275 e. The van der Waals surface area contributed by atoms with Gasteiger partial charge in [0.25, 0.3) is 5.56 Å². The Morgan fingerprint density at radius 1 is 1.14 bits per heavy atom. The fourth-order valence-electron chi connectivity index (χ4n) is 6.23. The van der Waals surface area contributed by atoms with E-state index in [0.717, 1.165) is 12.0 Å². The average molecular weight is 411 g/mol. The summed E-state index contributed by atoms with van der Waals surface area (Å²) in [6.45, 7) is 3.02. The van der Waals surface area contributed by atoms with Crippen molar-refractivity contribution >= 4 is 23.2 Å². The van der Waals surface area contributed by atoms with Gasteiger partial charge in [-0.3, -0.25) is 9.48 Å². The van der Waals surface area contributed by atoms with Crippen molar-refractivity contribution in [1.82, 2.24) is 9.36 Å². The Hall–Kier alpha value is -1.97. The van der Waals surface area contributed by atoms with Crippen LogP contribution in [0.1, 0.15) is 48.9 Å². The van der Waals surface area contributed by atoms with Gasteiger partial charge in [0.15, 0.2) is 0 Å². The van der Waals surface area contributed by atoms with Gasteiger partial charge < -0.3 is 0 Å². The smallest absolute Gasteiger partial charge is 0.275 e. The van der Waals surface area contributed by atoms with Crippen molar-refractivity contribution in [3.05, 3.63) is 85.8 Å². The molecule has 5 heteroatoms. The van der Waals surface area contributed by atoms with Gasteiger partial charge in [0.05, 0.1) is 22.9 Å². The van der Waals surface area contributed by atoms with Crippen molar-refractivity contribution in [3.8, 4) is 5.69 Å². The van der Waals surface area contributed by atoms with Gasteiger partial charge in [0, 0.05) is 16.0 Å². The Bertz CT molecular complexity index is 1190. The van der Waals surface area contributed by atoms with E-state index in [4.69, 9.17) is 23.2 Å². The second kappa shape index (κ2) is 5.34. The number of hydrogen-bond acceptors (Lipinski definition) is 1. The lowest BCUT2D eigenvalue weighted by Gasteiger charge is -2.22. The molecule has 1 aromatic heterocycles. The van der Waals surface area contributed by atoms with Crippen molar-refractivity contribution in [2.24, 2.45) is 5.41 Å². The van der Waals surface area contributed by atoms with E-state index in [9.17, 15) is 4.79 Å². The Kier molecular flexibility index (Phi) is 3.23. The topological polar surface area (TPSA) is 26.9 Å². The van der Waals surface area contributed by atoms with Gasteiger partial charge in [-0.15, -0.1) is 0 Å². The Morgan fingerprint density at radius 2 is 1.93 bits per heavy atom. The molecule has 0 radical (unpaired) electrons. The third kappa shape index (κ3) is 1.89. The van der Waals surface area contributed by atoms with Gasteiger partial charge in [-0.1, -0.05) is 60.5 Å². The number of rotatable bonds is 3. The van der Waals surface area contributed by atoms with Crippen LogP contribution in [0.4, 0.5) is 0 Å². The zero-order valence-electron chi connectivity index (χ0n) is 15.6. The Balaban J connectivity index is 1.65. The number of hydrogen-bond donors (Lipinski definition) is 0. The number of nitrogens with zero attached hydrogens (tertiary/aromatic N) is 2. The number of aromatic nitrogens is 2. The van der Waals surface area contributed by atoms with Crippen LogP contribution in [0.25, 0.3) is 5.69 Å². The largest absolute Gasteiger partial charge is 0.277 e. The SMILES string of the molecule is CC12C[C@]13CC[C@H]2c1c3n(Cc2ccccc2)n(-c2cc(Cl)ccc2Cl)c1=O. The summed E-state index contributed by atoms with van der Waals surface area (Å²) in [4.78, 5) is 13.7. The molecule has 2 fully saturated rings. The minimum Gasteiger partial charge on any atom is -0.277 e. The first-order chi connectivity index (χ1) is 13.5. The first kappa shape index (κ1) is 16.9. The Labute approximate surface area is 173 Å². The zero-order chi connectivity index (χ0) is 19.3. The molecular weight excluding hydrogens is 391 g/mol. The standard InChI is InChI=1S/C23H20Cl2N2O/c1-22-13-23(22)10-9-16(22)19-20(23)26(12-14-5-3-2-4-6-14)27(21(19)28)18-11-15(24)7-8-17(18)25/h2-8,11,16H,9-10,12-13H2,1H3/t16-,22?,23-/m0/s1. The molecule has 28 heavy (non-hydrogen) atoms.